The maximum absolute atomic E-state index is 13.4. The number of rotatable bonds is 4. The standard InChI is InChI=1S/C14H13FN2O3S/c1-8-9(15)4-2-5-10(8)16-14(20)17-12(13(18)19)11-6-3-7-21-11/h2-7,12H,1H3,(H,18,19)(H2,16,17,20). The van der Waals surface area contributed by atoms with Gasteiger partial charge in [0.25, 0.3) is 0 Å². The Balaban J connectivity index is 2.10. The van der Waals surface area contributed by atoms with Crippen LogP contribution in [0, 0.1) is 12.7 Å². The van der Waals surface area contributed by atoms with E-state index in [1.807, 2.05) is 0 Å². The molecule has 0 aliphatic heterocycles. The average Bonchev–Trinajstić information content (AvgIpc) is 2.95. The van der Waals surface area contributed by atoms with E-state index in [1.54, 1.807) is 23.6 Å². The lowest BCUT2D eigenvalue weighted by molar-refractivity contribution is -0.139. The summed E-state index contributed by atoms with van der Waals surface area (Å²) >= 11 is 1.23. The summed E-state index contributed by atoms with van der Waals surface area (Å²) in [6, 6.07) is 5.77. The molecule has 2 amide bonds. The molecule has 0 fully saturated rings. The molecule has 0 spiro atoms. The Kier molecular flexibility index (Phi) is 4.54. The molecule has 1 atom stereocenters. The van der Waals surface area contributed by atoms with Gasteiger partial charge in [0, 0.05) is 16.1 Å². The number of carbonyl (C=O) groups excluding carboxylic acids is 1. The van der Waals surface area contributed by atoms with Crippen molar-refractivity contribution in [3.63, 3.8) is 0 Å². The van der Waals surface area contributed by atoms with E-state index in [1.165, 1.54) is 30.4 Å². The Morgan fingerprint density at radius 2 is 2.05 bits per heavy atom. The van der Waals surface area contributed by atoms with Crippen molar-refractivity contribution in [2.24, 2.45) is 0 Å². The van der Waals surface area contributed by atoms with Crippen LogP contribution in [0.3, 0.4) is 0 Å². The van der Waals surface area contributed by atoms with Crippen LogP contribution in [-0.4, -0.2) is 17.1 Å². The number of amides is 2. The second-order valence-corrected chi connectivity index (χ2v) is 5.28. The van der Waals surface area contributed by atoms with Gasteiger partial charge in [0.15, 0.2) is 6.04 Å². The summed E-state index contributed by atoms with van der Waals surface area (Å²) in [4.78, 5) is 23.6. The van der Waals surface area contributed by atoms with Crippen molar-refractivity contribution >= 4 is 29.0 Å². The number of thiophene rings is 1. The van der Waals surface area contributed by atoms with Crippen LogP contribution in [0.1, 0.15) is 16.5 Å². The minimum absolute atomic E-state index is 0.288. The molecule has 1 aromatic carbocycles. The largest absolute Gasteiger partial charge is 0.479 e. The number of anilines is 1. The quantitative estimate of drug-likeness (QED) is 0.812. The molecular formula is C14H13FN2O3S. The van der Waals surface area contributed by atoms with Crippen molar-refractivity contribution < 1.29 is 19.1 Å². The molecule has 110 valence electrons. The first-order valence-corrected chi connectivity index (χ1v) is 6.96. The molecule has 2 rings (SSSR count). The van der Waals surface area contributed by atoms with Crippen molar-refractivity contribution in [1.29, 1.82) is 0 Å². The third-order valence-corrected chi connectivity index (χ3v) is 3.80. The van der Waals surface area contributed by atoms with Crippen molar-refractivity contribution in [2.75, 3.05) is 5.32 Å². The van der Waals surface area contributed by atoms with Crippen molar-refractivity contribution in [2.45, 2.75) is 13.0 Å². The van der Waals surface area contributed by atoms with E-state index in [-0.39, 0.29) is 5.56 Å². The van der Waals surface area contributed by atoms with Crippen molar-refractivity contribution in [3.8, 4) is 0 Å². The Morgan fingerprint density at radius 1 is 1.29 bits per heavy atom. The molecule has 1 unspecified atom stereocenters. The molecule has 0 bridgehead atoms. The second-order valence-electron chi connectivity index (χ2n) is 4.30. The summed E-state index contributed by atoms with van der Waals surface area (Å²) in [5.74, 6) is -1.61. The highest BCUT2D eigenvalue weighted by atomic mass is 32.1. The fourth-order valence-corrected chi connectivity index (χ4v) is 2.51. The van der Waals surface area contributed by atoms with Crippen LogP contribution in [0.4, 0.5) is 14.9 Å². The lowest BCUT2D eigenvalue weighted by Gasteiger charge is -2.15. The van der Waals surface area contributed by atoms with Crippen molar-refractivity contribution in [3.05, 3.63) is 52.0 Å². The van der Waals surface area contributed by atoms with Crippen LogP contribution in [0.15, 0.2) is 35.7 Å². The zero-order chi connectivity index (χ0) is 15.4. The van der Waals surface area contributed by atoms with Gasteiger partial charge in [0.2, 0.25) is 0 Å². The van der Waals surface area contributed by atoms with Crippen LogP contribution < -0.4 is 10.6 Å². The van der Waals surface area contributed by atoms with Crippen LogP contribution >= 0.6 is 11.3 Å². The lowest BCUT2D eigenvalue weighted by atomic mass is 10.2. The number of hydrogen-bond acceptors (Lipinski definition) is 3. The number of benzene rings is 1. The topological polar surface area (TPSA) is 78.4 Å². The zero-order valence-electron chi connectivity index (χ0n) is 11.1. The van der Waals surface area contributed by atoms with Gasteiger partial charge in [-0.3, -0.25) is 0 Å². The summed E-state index contributed by atoms with van der Waals surface area (Å²) < 4.78 is 13.4. The monoisotopic (exact) mass is 308 g/mol. The predicted molar refractivity (Wildman–Crippen MR) is 78.0 cm³/mol. The highest BCUT2D eigenvalue weighted by Crippen LogP contribution is 2.20. The van der Waals surface area contributed by atoms with Gasteiger partial charge in [-0.2, -0.15) is 0 Å². The number of urea groups is 1. The van der Waals surface area contributed by atoms with E-state index < -0.39 is 23.9 Å². The molecule has 0 saturated carbocycles. The van der Waals surface area contributed by atoms with E-state index in [0.717, 1.165) is 0 Å². The second kappa shape index (κ2) is 6.36. The summed E-state index contributed by atoms with van der Waals surface area (Å²) in [6.07, 6.45) is 0. The number of nitrogens with one attached hydrogen (secondary N) is 2. The lowest BCUT2D eigenvalue weighted by Crippen LogP contribution is -2.36. The molecule has 0 radical (unpaired) electrons. The summed E-state index contributed by atoms with van der Waals surface area (Å²) in [5, 5.41) is 15.7. The first kappa shape index (κ1) is 15.0. The average molecular weight is 308 g/mol. The molecule has 1 heterocycles. The van der Waals surface area contributed by atoms with E-state index in [4.69, 9.17) is 5.11 Å². The van der Waals surface area contributed by atoms with Crippen molar-refractivity contribution in [1.82, 2.24) is 5.32 Å². The predicted octanol–water partition coefficient (Wildman–Crippen LogP) is 3.14. The van der Waals surface area contributed by atoms with Crippen LogP contribution in [0.25, 0.3) is 0 Å². The van der Waals surface area contributed by atoms with Gasteiger partial charge in [0.1, 0.15) is 5.82 Å². The molecule has 1 aromatic heterocycles. The highest BCUT2D eigenvalue weighted by Gasteiger charge is 2.23. The molecule has 0 aliphatic rings. The van der Waals surface area contributed by atoms with Gasteiger partial charge in [0.05, 0.1) is 0 Å². The molecule has 3 N–H and O–H groups in total. The van der Waals surface area contributed by atoms with Crippen LogP contribution in [0.2, 0.25) is 0 Å². The van der Waals surface area contributed by atoms with Crippen LogP contribution in [-0.2, 0) is 4.79 Å². The van der Waals surface area contributed by atoms with Gasteiger partial charge in [-0.15, -0.1) is 11.3 Å². The Bertz CT molecular complexity index is 658. The number of hydrogen-bond donors (Lipinski definition) is 3. The molecule has 2 aromatic rings. The summed E-state index contributed by atoms with van der Waals surface area (Å²) in [5.41, 5.74) is 0.582. The van der Waals surface area contributed by atoms with E-state index in [9.17, 15) is 14.0 Å². The van der Waals surface area contributed by atoms with Gasteiger partial charge < -0.3 is 15.7 Å². The first-order valence-electron chi connectivity index (χ1n) is 6.08. The molecule has 21 heavy (non-hydrogen) atoms. The molecule has 7 heteroatoms. The number of aliphatic carboxylic acids is 1. The highest BCUT2D eigenvalue weighted by molar-refractivity contribution is 7.10. The maximum atomic E-state index is 13.4. The Morgan fingerprint density at radius 3 is 2.67 bits per heavy atom. The summed E-state index contributed by atoms with van der Waals surface area (Å²) in [6.45, 7) is 1.53. The van der Waals surface area contributed by atoms with Gasteiger partial charge in [-0.05, 0) is 30.5 Å². The number of halogens is 1. The van der Waals surface area contributed by atoms with E-state index in [0.29, 0.717) is 10.6 Å². The number of carboxylic acid groups (broad SMARTS) is 1. The molecule has 5 nitrogen and oxygen atoms in total. The SMILES string of the molecule is Cc1c(F)cccc1NC(=O)NC(C(=O)O)c1cccs1. The van der Waals surface area contributed by atoms with E-state index >= 15 is 0 Å². The molecule has 0 saturated heterocycles. The third-order valence-electron chi connectivity index (χ3n) is 2.87. The molecular weight excluding hydrogens is 295 g/mol. The minimum Gasteiger partial charge on any atom is -0.479 e. The normalized spacial score (nSPS) is 11.7. The van der Waals surface area contributed by atoms with E-state index in [2.05, 4.69) is 10.6 Å². The third kappa shape index (κ3) is 3.57. The molecule has 0 aliphatic carbocycles. The minimum atomic E-state index is -1.16. The van der Waals surface area contributed by atoms with Gasteiger partial charge in [-0.1, -0.05) is 12.1 Å². The number of carboxylic acids is 1. The smallest absolute Gasteiger partial charge is 0.331 e. The Labute approximate surface area is 124 Å². The fourth-order valence-electron chi connectivity index (χ4n) is 1.74. The zero-order valence-corrected chi connectivity index (χ0v) is 11.9. The van der Waals surface area contributed by atoms with Gasteiger partial charge in [-0.25, -0.2) is 14.0 Å². The van der Waals surface area contributed by atoms with Crippen LogP contribution in [0.5, 0.6) is 0 Å². The Hall–Kier alpha value is -2.41. The number of carbonyl (C=O) groups is 2. The van der Waals surface area contributed by atoms with Gasteiger partial charge >= 0.3 is 12.0 Å². The summed E-state index contributed by atoms with van der Waals surface area (Å²) in [7, 11) is 0. The maximum Gasteiger partial charge on any atom is 0.331 e. The first-order chi connectivity index (χ1) is 9.99. The fraction of sp³-hybridized carbons (Fsp3) is 0.143.